The Morgan fingerprint density at radius 1 is 1.56 bits per heavy atom. The lowest BCUT2D eigenvalue weighted by atomic mass is 10.4. The first kappa shape index (κ1) is 7.85. The van der Waals surface area contributed by atoms with Crippen LogP contribution >= 0.6 is 55.4 Å². The predicted molar refractivity (Wildman–Crippen MR) is 52.5 cm³/mol. The van der Waals surface area contributed by atoms with Crippen molar-refractivity contribution in [3.05, 3.63) is 19.2 Å². The Morgan fingerprint density at radius 3 is 2.44 bits per heavy atom. The topological polar surface area (TPSA) is 0 Å². The van der Waals surface area contributed by atoms with Gasteiger partial charge in [-0.15, -0.1) is 11.3 Å². The van der Waals surface area contributed by atoms with Crippen molar-refractivity contribution in [2.45, 2.75) is 0 Å². The van der Waals surface area contributed by atoms with E-state index in [1.807, 2.05) is 6.07 Å². The highest BCUT2D eigenvalue weighted by atomic mass is 79.9. The molecule has 0 bridgehead atoms. The lowest BCUT2D eigenvalue weighted by Crippen LogP contribution is -1.67. The maximum absolute atomic E-state index is 4.75. The first-order valence-corrected chi connectivity index (χ1v) is 5.01. The Labute approximate surface area is 79.5 Å². The molecule has 0 atom stereocenters. The molecule has 0 fully saturated rings. The molecule has 0 aliphatic carbocycles. The molecule has 0 aromatic carbocycles. The molecule has 0 N–H and O–H groups in total. The van der Waals surface area contributed by atoms with Gasteiger partial charge in [-0.3, -0.25) is 0 Å². The zero-order valence-electron chi connectivity index (χ0n) is 4.23. The normalized spacial score (nSPS) is 9.56. The van der Waals surface area contributed by atoms with Crippen molar-refractivity contribution in [2.24, 2.45) is 0 Å². The van der Waals surface area contributed by atoms with Crippen molar-refractivity contribution in [1.82, 2.24) is 0 Å². The summed E-state index contributed by atoms with van der Waals surface area (Å²) in [4.78, 5) is 0. The minimum Gasteiger partial charge on any atom is -0.121 e. The van der Waals surface area contributed by atoms with E-state index in [1.165, 1.54) is 0 Å². The van der Waals surface area contributed by atoms with Crippen LogP contribution in [-0.4, -0.2) is 5.37 Å². The van der Waals surface area contributed by atoms with Gasteiger partial charge in [-0.25, -0.2) is 0 Å². The van der Waals surface area contributed by atoms with E-state index in [1.54, 1.807) is 16.7 Å². The molecule has 1 heterocycles. The summed E-state index contributed by atoms with van der Waals surface area (Å²) in [5, 5.41) is 1.66. The smallest absolute Gasteiger partial charge is 0.0791 e. The molecule has 0 saturated heterocycles. The van der Waals surface area contributed by atoms with Gasteiger partial charge in [0.25, 0.3) is 0 Å². The minimum atomic E-state index is 1.07. The standard InChI is InChI=1S/C5H2Br2S2/c6-4-1-3(2-8)5(7)9-4/h1-2H. The van der Waals surface area contributed by atoms with Crippen LogP contribution in [0.1, 0.15) is 5.56 Å². The van der Waals surface area contributed by atoms with E-state index in [0.717, 1.165) is 13.1 Å². The predicted octanol–water partition coefficient (Wildman–Crippen LogP) is 3.62. The third-order valence-corrected chi connectivity index (χ3v) is 3.45. The van der Waals surface area contributed by atoms with Gasteiger partial charge in [0, 0.05) is 10.9 Å². The second-order valence-electron chi connectivity index (χ2n) is 1.40. The van der Waals surface area contributed by atoms with Gasteiger partial charge < -0.3 is 0 Å². The SMILES string of the molecule is S=Cc1cc(Br)sc1Br. The molecule has 0 unspecified atom stereocenters. The lowest BCUT2D eigenvalue weighted by molar-refractivity contribution is 1.87. The molecule has 0 spiro atoms. The summed E-state index contributed by atoms with van der Waals surface area (Å²) >= 11 is 13.1. The van der Waals surface area contributed by atoms with E-state index in [-0.39, 0.29) is 0 Å². The number of halogens is 2. The molecule has 1 aromatic rings. The van der Waals surface area contributed by atoms with Crippen LogP contribution in [0.25, 0.3) is 0 Å². The minimum absolute atomic E-state index is 1.07. The van der Waals surface area contributed by atoms with Crippen LogP contribution in [0.3, 0.4) is 0 Å². The highest BCUT2D eigenvalue weighted by Gasteiger charge is 1.99. The van der Waals surface area contributed by atoms with Gasteiger partial charge in [0.15, 0.2) is 0 Å². The summed E-state index contributed by atoms with van der Waals surface area (Å²) < 4.78 is 2.19. The lowest BCUT2D eigenvalue weighted by Gasteiger charge is -1.78. The summed E-state index contributed by atoms with van der Waals surface area (Å²) in [5.41, 5.74) is 1.07. The fourth-order valence-corrected chi connectivity index (χ4v) is 3.57. The number of thiophene rings is 1. The number of hydrogen-bond acceptors (Lipinski definition) is 2. The van der Waals surface area contributed by atoms with E-state index < -0.39 is 0 Å². The number of thiocarbonyl (C=S) groups is 1. The Bertz CT molecular complexity index is 229. The molecular weight excluding hydrogens is 284 g/mol. The Kier molecular flexibility index (Phi) is 2.82. The first-order valence-electron chi connectivity index (χ1n) is 2.14. The second-order valence-corrected chi connectivity index (χ2v) is 5.38. The average Bonchev–Trinajstić information content (AvgIpc) is 2.10. The van der Waals surface area contributed by atoms with Gasteiger partial charge in [-0.2, -0.15) is 0 Å². The van der Waals surface area contributed by atoms with Gasteiger partial charge in [0.1, 0.15) is 0 Å². The molecule has 4 heteroatoms. The number of hydrogen-bond donors (Lipinski definition) is 0. The van der Waals surface area contributed by atoms with E-state index in [9.17, 15) is 0 Å². The monoisotopic (exact) mass is 284 g/mol. The van der Waals surface area contributed by atoms with Crippen LogP contribution in [0.5, 0.6) is 0 Å². The molecule has 48 valence electrons. The Hall–Kier alpha value is 0.750. The molecule has 1 rings (SSSR count). The molecular formula is C5H2Br2S2. The second kappa shape index (κ2) is 3.23. The van der Waals surface area contributed by atoms with Crippen LogP contribution in [0, 0.1) is 0 Å². The maximum atomic E-state index is 4.75. The summed E-state index contributed by atoms with van der Waals surface area (Å²) in [6.45, 7) is 0. The van der Waals surface area contributed by atoms with Gasteiger partial charge in [-0.1, -0.05) is 12.2 Å². The van der Waals surface area contributed by atoms with Crippen LogP contribution in [0.4, 0.5) is 0 Å². The highest BCUT2D eigenvalue weighted by molar-refractivity contribution is 9.12. The summed E-state index contributed by atoms with van der Waals surface area (Å²) in [6.07, 6.45) is 0. The quantitative estimate of drug-likeness (QED) is 0.710. The first-order chi connectivity index (χ1) is 4.24. The highest BCUT2D eigenvalue weighted by Crippen LogP contribution is 2.30. The van der Waals surface area contributed by atoms with Crippen LogP contribution in [-0.2, 0) is 0 Å². The maximum Gasteiger partial charge on any atom is 0.0791 e. The van der Waals surface area contributed by atoms with Crippen molar-refractivity contribution in [3.8, 4) is 0 Å². The van der Waals surface area contributed by atoms with Gasteiger partial charge >= 0.3 is 0 Å². The average molecular weight is 286 g/mol. The fraction of sp³-hybridized carbons (Fsp3) is 0. The van der Waals surface area contributed by atoms with Crippen molar-refractivity contribution >= 4 is 60.8 Å². The number of rotatable bonds is 1. The zero-order chi connectivity index (χ0) is 6.85. The van der Waals surface area contributed by atoms with Crippen LogP contribution in [0.15, 0.2) is 13.6 Å². The van der Waals surface area contributed by atoms with Gasteiger partial charge in [-0.05, 0) is 37.9 Å². The summed E-state index contributed by atoms with van der Waals surface area (Å²) in [7, 11) is 0. The zero-order valence-corrected chi connectivity index (χ0v) is 9.03. The van der Waals surface area contributed by atoms with Crippen molar-refractivity contribution in [3.63, 3.8) is 0 Å². The summed E-state index contributed by atoms with van der Waals surface area (Å²) in [6, 6.07) is 1.99. The molecule has 0 aliphatic rings. The molecule has 0 radical (unpaired) electrons. The molecule has 0 amide bonds. The van der Waals surface area contributed by atoms with E-state index >= 15 is 0 Å². The molecule has 9 heavy (non-hydrogen) atoms. The van der Waals surface area contributed by atoms with Gasteiger partial charge in [0.2, 0.25) is 0 Å². The van der Waals surface area contributed by atoms with Crippen LogP contribution < -0.4 is 0 Å². The van der Waals surface area contributed by atoms with Crippen molar-refractivity contribution < 1.29 is 0 Å². The molecule has 0 nitrogen and oxygen atoms in total. The van der Waals surface area contributed by atoms with E-state index in [4.69, 9.17) is 12.2 Å². The molecule has 0 saturated carbocycles. The van der Waals surface area contributed by atoms with Crippen LogP contribution in [0.2, 0.25) is 0 Å². The summed E-state index contributed by atoms with van der Waals surface area (Å²) in [5.74, 6) is 0. The molecule has 0 aliphatic heterocycles. The van der Waals surface area contributed by atoms with Crippen molar-refractivity contribution in [2.75, 3.05) is 0 Å². The van der Waals surface area contributed by atoms with E-state index in [0.29, 0.717) is 0 Å². The van der Waals surface area contributed by atoms with Gasteiger partial charge in [0.05, 0.1) is 7.57 Å². The fourth-order valence-electron chi connectivity index (χ4n) is 0.433. The largest absolute Gasteiger partial charge is 0.121 e. The third kappa shape index (κ3) is 1.83. The molecule has 1 aromatic heterocycles. The Balaban J connectivity index is 3.15. The van der Waals surface area contributed by atoms with Crippen molar-refractivity contribution in [1.29, 1.82) is 0 Å². The Morgan fingerprint density at radius 2 is 2.22 bits per heavy atom. The third-order valence-electron chi connectivity index (χ3n) is 0.810. The van der Waals surface area contributed by atoms with E-state index in [2.05, 4.69) is 31.9 Å².